The molecule has 0 aliphatic carbocycles. The highest BCUT2D eigenvalue weighted by Crippen LogP contribution is 2.12. The molecule has 0 fully saturated rings. The third kappa shape index (κ3) is 3.14. The summed E-state index contributed by atoms with van der Waals surface area (Å²) in [6.07, 6.45) is 2.81. The van der Waals surface area contributed by atoms with Crippen molar-refractivity contribution >= 4 is 40.0 Å². The molecule has 18 heavy (non-hydrogen) atoms. The summed E-state index contributed by atoms with van der Waals surface area (Å²) in [6.45, 7) is 0. The molecule has 92 valence electrons. The topological polar surface area (TPSA) is 92.9 Å². The van der Waals surface area contributed by atoms with Gasteiger partial charge in [0.1, 0.15) is 5.69 Å². The molecule has 0 atom stereocenters. The average molecular weight is 355 g/mol. The van der Waals surface area contributed by atoms with Crippen molar-refractivity contribution in [2.24, 2.45) is 5.84 Å². The number of anilines is 2. The van der Waals surface area contributed by atoms with Gasteiger partial charge in [0, 0.05) is 9.26 Å². The number of nitrogens with one attached hydrogen (secondary N) is 2. The lowest BCUT2D eigenvalue weighted by atomic mass is 10.3. The Morgan fingerprint density at radius 1 is 1.22 bits per heavy atom. The van der Waals surface area contributed by atoms with Crippen molar-refractivity contribution in [1.29, 1.82) is 0 Å². The number of hydrazine groups is 1. The Hall–Kier alpha value is -1.74. The number of aromatic nitrogens is 2. The fraction of sp³-hybridized carbons (Fsp3) is 0. The van der Waals surface area contributed by atoms with Crippen molar-refractivity contribution in [2.75, 3.05) is 10.7 Å². The Kier molecular flexibility index (Phi) is 4.05. The fourth-order valence-corrected chi connectivity index (χ4v) is 1.63. The molecule has 1 heterocycles. The first kappa shape index (κ1) is 12.7. The highest BCUT2D eigenvalue weighted by atomic mass is 127. The van der Waals surface area contributed by atoms with E-state index < -0.39 is 0 Å². The lowest BCUT2D eigenvalue weighted by Gasteiger charge is -2.05. The molecule has 4 N–H and O–H groups in total. The number of benzene rings is 1. The maximum absolute atomic E-state index is 11.9. The van der Waals surface area contributed by atoms with Crippen molar-refractivity contribution in [1.82, 2.24) is 9.97 Å². The number of hydrogen-bond donors (Lipinski definition) is 3. The predicted molar refractivity (Wildman–Crippen MR) is 77.0 cm³/mol. The molecular weight excluding hydrogens is 345 g/mol. The SMILES string of the molecule is NNc1cncc(C(=O)Nc2ccc(I)cc2)n1. The number of rotatable bonds is 3. The molecule has 1 aromatic carbocycles. The minimum atomic E-state index is -0.333. The summed E-state index contributed by atoms with van der Waals surface area (Å²) < 4.78 is 1.10. The van der Waals surface area contributed by atoms with Gasteiger partial charge in [0.15, 0.2) is 5.82 Å². The van der Waals surface area contributed by atoms with Crippen LogP contribution in [0.4, 0.5) is 11.5 Å². The van der Waals surface area contributed by atoms with E-state index in [0.717, 1.165) is 3.57 Å². The van der Waals surface area contributed by atoms with Gasteiger partial charge in [0.25, 0.3) is 5.91 Å². The zero-order valence-electron chi connectivity index (χ0n) is 9.22. The predicted octanol–water partition coefficient (Wildman–Crippen LogP) is 1.62. The number of amides is 1. The fourth-order valence-electron chi connectivity index (χ4n) is 1.27. The lowest BCUT2D eigenvalue weighted by Crippen LogP contribution is -2.16. The van der Waals surface area contributed by atoms with Gasteiger partial charge in [0.2, 0.25) is 0 Å². The maximum Gasteiger partial charge on any atom is 0.275 e. The first-order valence-corrected chi connectivity index (χ1v) is 6.12. The van der Waals surface area contributed by atoms with Crippen LogP contribution in [0.25, 0.3) is 0 Å². The molecule has 0 aliphatic rings. The standard InChI is InChI=1S/C11H10IN5O/c12-7-1-3-8(4-2-7)15-11(18)9-5-14-6-10(16-9)17-13/h1-6H,13H2,(H,15,18)(H,16,17). The van der Waals surface area contributed by atoms with E-state index in [1.165, 1.54) is 12.4 Å². The number of nitrogen functional groups attached to an aromatic ring is 1. The quantitative estimate of drug-likeness (QED) is 0.442. The maximum atomic E-state index is 11.9. The van der Waals surface area contributed by atoms with Gasteiger partial charge < -0.3 is 10.7 Å². The van der Waals surface area contributed by atoms with Crippen LogP contribution in [0.1, 0.15) is 10.5 Å². The van der Waals surface area contributed by atoms with E-state index >= 15 is 0 Å². The highest BCUT2D eigenvalue weighted by molar-refractivity contribution is 14.1. The molecule has 0 bridgehead atoms. The molecule has 6 nitrogen and oxygen atoms in total. The van der Waals surface area contributed by atoms with Crippen LogP contribution in [0.3, 0.4) is 0 Å². The largest absolute Gasteiger partial charge is 0.321 e. The van der Waals surface area contributed by atoms with Gasteiger partial charge in [-0.05, 0) is 46.9 Å². The van der Waals surface area contributed by atoms with Crippen LogP contribution in [0.5, 0.6) is 0 Å². The molecule has 0 radical (unpaired) electrons. The van der Waals surface area contributed by atoms with Gasteiger partial charge in [0.05, 0.1) is 12.4 Å². The summed E-state index contributed by atoms with van der Waals surface area (Å²) in [5.74, 6) is 5.21. The third-order valence-electron chi connectivity index (χ3n) is 2.12. The minimum absolute atomic E-state index is 0.198. The smallest absolute Gasteiger partial charge is 0.275 e. The van der Waals surface area contributed by atoms with Crippen molar-refractivity contribution in [2.45, 2.75) is 0 Å². The van der Waals surface area contributed by atoms with Crippen LogP contribution in [0, 0.1) is 3.57 Å². The van der Waals surface area contributed by atoms with Crippen molar-refractivity contribution in [3.63, 3.8) is 0 Å². The van der Waals surface area contributed by atoms with E-state index in [1.54, 1.807) is 0 Å². The van der Waals surface area contributed by atoms with Crippen molar-refractivity contribution in [3.05, 3.63) is 45.9 Å². The average Bonchev–Trinajstić information content (AvgIpc) is 2.41. The molecule has 7 heteroatoms. The number of hydrogen-bond acceptors (Lipinski definition) is 5. The Balaban J connectivity index is 2.14. The second-order valence-corrected chi connectivity index (χ2v) is 4.64. The normalized spacial score (nSPS) is 9.89. The first-order chi connectivity index (χ1) is 8.69. The van der Waals surface area contributed by atoms with Gasteiger partial charge in [-0.25, -0.2) is 10.8 Å². The van der Waals surface area contributed by atoms with Crippen LogP contribution in [0.15, 0.2) is 36.7 Å². The van der Waals surface area contributed by atoms with Gasteiger partial charge in [-0.1, -0.05) is 0 Å². The van der Waals surface area contributed by atoms with Crippen LogP contribution < -0.4 is 16.6 Å². The third-order valence-corrected chi connectivity index (χ3v) is 2.84. The first-order valence-electron chi connectivity index (χ1n) is 5.04. The zero-order chi connectivity index (χ0) is 13.0. The Morgan fingerprint density at radius 3 is 2.61 bits per heavy atom. The molecule has 0 saturated heterocycles. The molecule has 2 aromatic rings. The Labute approximate surface area is 117 Å². The monoisotopic (exact) mass is 355 g/mol. The summed E-state index contributed by atoms with van der Waals surface area (Å²) in [5, 5.41) is 2.72. The summed E-state index contributed by atoms with van der Waals surface area (Å²) in [6, 6.07) is 7.44. The number of carbonyl (C=O) groups is 1. The van der Waals surface area contributed by atoms with Crippen molar-refractivity contribution < 1.29 is 4.79 Å². The van der Waals surface area contributed by atoms with E-state index in [1.807, 2.05) is 24.3 Å². The summed E-state index contributed by atoms with van der Waals surface area (Å²) in [4.78, 5) is 19.7. The summed E-state index contributed by atoms with van der Waals surface area (Å²) in [7, 11) is 0. The zero-order valence-corrected chi connectivity index (χ0v) is 11.4. The lowest BCUT2D eigenvalue weighted by molar-refractivity contribution is 0.102. The molecule has 0 aliphatic heterocycles. The molecule has 1 amide bonds. The van der Waals surface area contributed by atoms with E-state index in [-0.39, 0.29) is 11.6 Å². The van der Waals surface area contributed by atoms with Crippen LogP contribution >= 0.6 is 22.6 Å². The minimum Gasteiger partial charge on any atom is -0.321 e. The van der Waals surface area contributed by atoms with Crippen LogP contribution in [-0.2, 0) is 0 Å². The van der Waals surface area contributed by atoms with E-state index in [0.29, 0.717) is 11.5 Å². The van der Waals surface area contributed by atoms with E-state index in [4.69, 9.17) is 5.84 Å². The molecule has 0 unspecified atom stereocenters. The summed E-state index contributed by atoms with van der Waals surface area (Å²) >= 11 is 2.19. The van der Waals surface area contributed by atoms with Crippen molar-refractivity contribution in [3.8, 4) is 0 Å². The van der Waals surface area contributed by atoms with Gasteiger partial charge in [-0.15, -0.1) is 0 Å². The van der Waals surface area contributed by atoms with Gasteiger partial charge in [-0.2, -0.15) is 0 Å². The molecule has 0 saturated carbocycles. The van der Waals surface area contributed by atoms with Crippen LogP contribution in [0.2, 0.25) is 0 Å². The summed E-state index contributed by atoms with van der Waals surface area (Å²) in [5.41, 5.74) is 3.24. The van der Waals surface area contributed by atoms with Gasteiger partial charge in [-0.3, -0.25) is 9.78 Å². The molecule has 2 rings (SSSR count). The number of halogens is 1. The highest BCUT2D eigenvalue weighted by Gasteiger charge is 2.08. The molecular formula is C11H10IN5O. The molecule has 1 aromatic heterocycles. The number of nitrogens with zero attached hydrogens (tertiary/aromatic N) is 2. The van der Waals surface area contributed by atoms with E-state index in [2.05, 4.69) is 43.3 Å². The number of carbonyl (C=O) groups excluding carboxylic acids is 1. The van der Waals surface area contributed by atoms with Gasteiger partial charge >= 0.3 is 0 Å². The molecule has 0 spiro atoms. The van der Waals surface area contributed by atoms with Crippen LogP contribution in [-0.4, -0.2) is 15.9 Å². The Bertz CT molecular complexity index is 558. The number of nitrogens with two attached hydrogens (primary N) is 1. The second kappa shape index (κ2) is 5.74. The second-order valence-electron chi connectivity index (χ2n) is 3.39. The van der Waals surface area contributed by atoms with E-state index in [9.17, 15) is 4.79 Å². The Morgan fingerprint density at radius 2 is 1.94 bits per heavy atom.